The summed E-state index contributed by atoms with van der Waals surface area (Å²) in [5, 5.41) is 4.29. The summed E-state index contributed by atoms with van der Waals surface area (Å²) in [4.78, 5) is 2.27. The van der Waals surface area contributed by atoms with Crippen molar-refractivity contribution in [1.29, 1.82) is 0 Å². The van der Waals surface area contributed by atoms with Gasteiger partial charge < -0.3 is 13.7 Å². The van der Waals surface area contributed by atoms with E-state index < -0.39 is 0 Å². The summed E-state index contributed by atoms with van der Waals surface area (Å²) in [6, 6.07) is 53.2. The fourth-order valence-electron chi connectivity index (χ4n) is 7.23. The van der Waals surface area contributed by atoms with Crippen LogP contribution in [-0.4, -0.2) is 0 Å². The van der Waals surface area contributed by atoms with Gasteiger partial charge in [-0.2, -0.15) is 0 Å². The van der Waals surface area contributed by atoms with E-state index in [2.05, 4.69) is 175 Å². The van der Waals surface area contributed by atoms with Gasteiger partial charge in [0.15, 0.2) is 5.58 Å². The van der Waals surface area contributed by atoms with Crippen LogP contribution in [0.25, 0.3) is 66.1 Å². The van der Waals surface area contributed by atoms with E-state index in [1.54, 1.807) is 0 Å². The van der Waals surface area contributed by atoms with Gasteiger partial charge in [0.05, 0.1) is 5.69 Å². The van der Waals surface area contributed by atoms with Gasteiger partial charge in [0.2, 0.25) is 0 Å². The maximum Gasteiger partial charge on any atom is 0.159 e. The van der Waals surface area contributed by atoms with E-state index in [1.165, 1.54) is 5.56 Å². The number of nitrogens with zero attached hydrogens (tertiary/aromatic N) is 1. The molecule has 0 saturated heterocycles. The number of rotatable bonds is 5. The van der Waals surface area contributed by atoms with E-state index in [0.29, 0.717) is 0 Å². The third-order valence-electron chi connectivity index (χ3n) is 9.71. The van der Waals surface area contributed by atoms with Crippen LogP contribution in [0.2, 0.25) is 0 Å². The molecule has 0 spiro atoms. The molecule has 0 unspecified atom stereocenters. The number of hydrogen-bond donors (Lipinski definition) is 0. The second-order valence-electron chi connectivity index (χ2n) is 13.9. The monoisotopic (exact) mass is 711 g/mol. The molecule has 0 aliphatic carbocycles. The molecule has 0 N–H and O–H groups in total. The average Bonchev–Trinajstić information content (AvgIpc) is 3.72. The topological polar surface area (TPSA) is 29.5 Å². The van der Waals surface area contributed by atoms with Gasteiger partial charge in [-0.3, -0.25) is 0 Å². The summed E-state index contributed by atoms with van der Waals surface area (Å²) in [6.45, 7) is 6.70. The number of anilines is 3. The lowest BCUT2D eigenvalue weighted by Gasteiger charge is -2.25. The van der Waals surface area contributed by atoms with E-state index in [4.69, 9.17) is 8.83 Å². The van der Waals surface area contributed by atoms with Crippen LogP contribution in [0.1, 0.15) is 26.3 Å². The number of hydrogen-bond acceptors (Lipinski definition) is 3. The molecule has 0 saturated carbocycles. The lowest BCUT2D eigenvalue weighted by atomic mass is 9.86. The third-order valence-corrected chi connectivity index (χ3v) is 10.4. The Morgan fingerprint density at radius 2 is 1.16 bits per heavy atom. The highest BCUT2D eigenvalue weighted by atomic mass is 79.9. The average molecular weight is 713 g/mol. The third kappa shape index (κ3) is 4.94. The highest BCUT2D eigenvalue weighted by Gasteiger charge is 2.25. The van der Waals surface area contributed by atoms with Crippen LogP contribution in [0.5, 0.6) is 0 Å². The first kappa shape index (κ1) is 30.5. The quantitative estimate of drug-likeness (QED) is 0.178. The van der Waals surface area contributed by atoms with Crippen LogP contribution in [0.15, 0.2) is 165 Å². The fourth-order valence-corrected chi connectivity index (χ4v) is 7.76. The van der Waals surface area contributed by atoms with E-state index >= 15 is 0 Å². The molecule has 242 valence electrons. The van der Waals surface area contributed by atoms with Crippen LogP contribution >= 0.6 is 15.9 Å². The van der Waals surface area contributed by atoms with Crippen LogP contribution in [0, 0.1) is 0 Å². The Hall–Kier alpha value is -5.58. The van der Waals surface area contributed by atoms with Crippen molar-refractivity contribution in [3.63, 3.8) is 0 Å². The molecule has 0 aliphatic rings. The summed E-state index contributed by atoms with van der Waals surface area (Å²) >= 11 is 3.96. The first-order valence-electron chi connectivity index (χ1n) is 17.0. The lowest BCUT2D eigenvalue weighted by molar-refractivity contribution is 0.587. The van der Waals surface area contributed by atoms with Gasteiger partial charge in [0, 0.05) is 48.5 Å². The van der Waals surface area contributed by atoms with Gasteiger partial charge in [0.1, 0.15) is 16.7 Å². The Balaban J connectivity index is 1.37. The predicted molar refractivity (Wildman–Crippen MR) is 213 cm³/mol. The van der Waals surface area contributed by atoms with Crippen molar-refractivity contribution in [2.75, 3.05) is 4.90 Å². The van der Waals surface area contributed by atoms with Crippen LogP contribution in [0.3, 0.4) is 0 Å². The maximum atomic E-state index is 7.13. The molecule has 0 atom stereocenters. The minimum atomic E-state index is 0.0107. The van der Waals surface area contributed by atoms with Gasteiger partial charge in [-0.05, 0) is 76.7 Å². The van der Waals surface area contributed by atoms with Crippen molar-refractivity contribution < 1.29 is 8.83 Å². The van der Waals surface area contributed by atoms with Crippen molar-refractivity contribution in [1.82, 2.24) is 0 Å². The number of halogens is 1. The molecule has 0 fully saturated rings. The zero-order valence-electron chi connectivity index (χ0n) is 28.1. The standard InChI is InChI=1S/C46H34BrNO2/c1-46(2,3)30-22-23-34-35-26-27-38(47)42(45(35)49-40(34)28-30)36-25-24-33(29-14-7-4-8-15-29)44-41(36)37-20-13-21-39(43(37)50-44)48(31-16-9-5-10-17-31)32-18-11-6-12-19-32/h4-28H,1-3H3. The number of para-hydroxylation sites is 3. The first-order chi connectivity index (χ1) is 24.4. The maximum absolute atomic E-state index is 7.13. The highest BCUT2D eigenvalue weighted by molar-refractivity contribution is 9.10. The molecule has 0 aliphatic heterocycles. The largest absolute Gasteiger partial charge is 0.455 e. The Labute approximate surface area is 299 Å². The van der Waals surface area contributed by atoms with Crippen molar-refractivity contribution in [3.8, 4) is 22.3 Å². The van der Waals surface area contributed by atoms with E-state index in [-0.39, 0.29) is 5.41 Å². The minimum Gasteiger partial charge on any atom is -0.455 e. The Bertz CT molecular complexity index is 2640. The Kier molecular flexibility index (Phi) is 7.18. The number of benzene rings is 7. The van der Waals surface area contributed by atoms with Crippen LogP contribution < -0.4 is 4.90 Å². The van der Waals surface area contributed by atoms with E-state index in [9.17, 15) is 0 Å². The Morgan fingerprint density at radius 1 is 0.520 bits per heavy atom. The van der Waals surface area contributed by atoms with E-state index in [1.807, 2.05) is 18.2 Å². The molecule has 50 heavy (non-hydrogen) atoms. The zero-order chi connectivity index (χ0) is 34.0. The number of fused-ring (bicyclic) bond motifs is 6. The fraction of sp³-hybridized carbons (Fsp3) is 0.0870. The first-order valence-corrected chi connectivity index (χ1v) is 17.8. The SMILES string of the molecule is CC(C)(C)c1ccc2c(c1)oc1c(-c3ccc(-c4ccccc4)c4oc5c(N(c6ccccc6)c6ccccc6)cccc5c34)c(Br)ccc12. The molecule has 9 rings (SSSR count). The van der Waals surface area contributed by atoms with Crippen LogP contribution in [-0.2, 0) is 5.41 Å². The molecular formula is C46H34BrNO2. The summed E-state index contributed by atoms with van der Waals surface area (Å²) < 4.78 is 14.9. The minimum absolute atomic E-state index is 0.0107. The summed E-state index contributed by atoms with van der Waals surface area (Å²) in [5.74, 6) is 0. The smallest absolute Gasteiger partial charge is 0.159 e. The highest BCUT2D eigenvalue weighted by Crippen LogP contribution is 2.50. The van der Waals surface area contributed by atoms with Gasteiger partial charge in [0.25, 0.3) is 0 Å². The van der Waals surface area contributed by atoms with Crippen molar-refractivity contribution in [2.45, 2.75) is 26.2 Å². The molecule has 2 aromatic heterocycles. The number of furan rings is 2. The van der Waals surface area contributed by atoms with Crippen molar-refractivity contribution >= 4 is 76.9 Å². The van der Waals surface area contributed by atoms with Crippen molar-refractivity contribution in [3.05, 3.63) is 162 Å². The molecule has 4 heteroatoms. The second-order valence-corrected chi connectivity index (χ2v) is 14.7. The zero-order valence-corrected chi connectivity index (χ0v) is 29.7. The molecule has 0 radical (unpaired) electrons. The Morgan fingerprint density at radius 3 is 1.84 bits per heavy atom. The van der Waals surface area contributed by atoms with Crippen LogP contribution in [0.4, 0.5) is 17.1 Å². The van der Waals surface area contributed by atoms with Gasteiger partial charge >= 0.3 is 0 Å². The molecule has 0 amide bonds. The van der Waals surface area contributed by atoms with Gasteiger partial charge in [-0.15, -0.1) is 0 Å². The predicted octanol–water partition coefficient (Wildman–Crippen LogP) is 14.3. The lowest BCUT2D eigenvalue weighted by Crippen LogP contribution is -2.10. The molecule has 3 nitrogen and oxygen atoms in total. The summed E-state index contributed by atoms with van der Waals surface area (Å²) in [6.07, 6.45) is 0. The summed E-state index contributed by atoms with van der Waals surface area (Å²) in [7, 11) is 0. The summed E-state index contributed by atoms with van der Waals surface area (Å²) in [5.41, 5.74) is 11.9. The molecule has 2 heterocycles. The molecular weight excluding hydrogens is 678 g/mol. The molecule has 9 aromatic rings. The normalized spacial score (nSPS) is 12.0. The van der Waals surface area contributed by atoms with E-state index in [0.717, 1.165) is 87.7 Å². The van der Waals surface area contributed by atoms with Crippen molar-refractivity contribution in [2.24, 2.45) is 0 Å². The molecule has 0 bridgehead atoms. The molecule has 7 aromatic carbocycles. The van der Waals surface area contributed by atoms with Gasteiger partial charge in [-0.1, -0.05) is 134 Å². The van der Waals surface area contributed by atoms with Gasteiger partial charge in [-0.25, -0.2) is 0 Å². The second kappa shape index (κ2) is 11.8.